The molecule has 0 spiro atoms. The van der Waals surface area contributed by atoms with Crippen LogP contribution in [-0.4, -0.2) is 15.7 Å². The molecule has 1 amide bonds. The third kappa shape index (κ3) is 3.09. The molecule has 2 rings (SSSR count). The lowest BCUT2D eigenvalue weighted by Gasteiger charge is -2.15. The van der Waals surface area contributed by atoms with Crippen LogP contribution in [0, 0.1) is 0 Å². The molecular formula is C15H22N4O2. The van der Waals surface area contributed by atoms with Gasteiger partial charge in [-0.15, -0.1) is 0 Å². The summed E-state index contributed by atoms with van der Waals surface area (Å²) in [6.07, 6.45) is 3.09. The number of hydrogen-bond donors (Lipinski definition) is 2. The molecule has 0 saturated carbocycles. The molecule has 21 heavy (non-hydrogen) atoms. The quantitative estimate of drug-likeness (QED) is 0.852. The number of carbonyl (C=O) groups excluding carboxylic acids is 1. The van der Waals surface area contributed by atoms with Gasteiger partial charge in [0, 0.05) is 0 Å². The molecule has 6 nitrogen and oxygen atoms in total. The molecule has 0 saturated heterocycles. The van der Waals surface area contributed by atoms with Crippen LogP contribution in [0.3, 0.4) is 0 Å². The van der Waals surface area contributed by atoms with Gasteiger partial charge in [0.05, 0.1) is 29.9 Å². The second-order valence-electron chi connectivity index (χ2n) is 4.93. The number of aryl methyl sites for hydroxylation is 1. The molecule has 3 N–H and O–H groups in total. The van der Waals surface area contributed by atoms with E-state index in [-0.39, 0.29) is 5.91 Å². The Hall–Kier alpha value is -2.24. The van der Waals surface area contributed by atoms with E-state index in [2.05, 4.69) is 10.4 Å². The van der Waals surface area contributed by atoms with Crippen molar-refractivity contribution >= 4 is 11.6 Å². The third-order valence-electron chi connectivity index (χ3n) is 3.56. The molecule has 2 aromatic heterocycles. The molecule has 0 aromatic carbocycles. The minimum absolute atomic E-state index is 0.105. The Morgan fingerprint density at radius 2 is 2.24 bits per heavy atom. The molecule has 1 atom stereocenters. The fraction of sp³-hybridized carbons (Fsp3) is 0.467. The highest BCUT2D eigenvalue weighted by atomic mass is 16.3. The zero-order valence-corrected chi connectivity index (χ0v) is 12.7. The lowest BCUT2D eigenvalue weighted by molar-refractivity contribution is -0.124. The molecule has 2 heterocycles. The first-order chi connectivity index (χ1) is 10.1. The number of nitrogens with two attached hydrogens (primary N) is 1. The smallest absolute Gasteiger partial charge is 0.244 e. The maximum atomic E-state index is 12.3. The Morgan fingerprint density at radius 1 is 1.48 bits per heavy atom. The van der Waals surface area contributed by atoms with Crippen LogP contribution in [-0.2, 0) is 24.2 Å². The van der Waals surface area contributed by atoms with Crippen molar-refractivity contribution in [2.24, 2.45) is 0 Å². The number of nitrogens with zero attached hydrogens (tertiary/aromatic N) is 2. The van der Waals surface area contributed by atoms with Gasteiger partial charge in [-0.3, -0.25) is 9.48 Å². The average Bonchev–Trinajstić information content (AvgIpc) is 3.11. The highest BCUT2D eigenvalue weighted by molar-refractivity contribution is 5.80. The van der Waals surface area contributed by atoms with E-state index in [4.69, 9.17) is 10.2 Å². The maximum absolute atomic E-state index is 12.3. The minimum atomic E-state index is -0.405. The van der Waals surface area contributed by atoms with E-state index in [0.717, 1.165) is 30.0 Å². The first-order valence-electron chi connectivity index (χ1n) is 7.24. The van der Waals surface area contributed by atoms with E-state index in [0.29, 0.717) is 12.2 Å². The van der Waals surface area contributed by atoms with Crippen molar-refractivity contribution in [2.75, 3.05) is 5.73 Å². The lowest BCUT2D eigenvalue weighted by atomic mass is 10.2. The molecule has 0 fully saturated rings. The zero-order valence-electron chi connectivity index (χ0n) is 12.7. The minimum Gasteiger partial charge on any atom is -0.467 e. The maximum Gasteiger partial charge on any atom is 0.244 e. The normalized spacial score (nSPS) is 12.3. The molecule has 0 radical (unpaired) electrons. The van der Waals surface area contributed by atoms with Crippen LogP contribution in [0.5, 0.6) is 0 Å². The molecule has 1 unspecified atom stereocenters. The highest BCUT2D eigenvalue weighted by Gasteiger charge is 2.22. The van der Waals surface area contributed by atoms with Gasteiger partial charge in [0.15, 0.2) is 0 Å². The first kappa shape index (κ1) is 15.2. The number of hydrogen-bond acceptors (Lipinski definition) is 4. The van der Waals surface area contributed by atoms with Gasteiger partial charge in [-0.25, -0.2) is 0 Å². The van der Waals surface area contributed by atoms with Gasteiger partial charge in [0.1, 0.15) is 11.8 Å². The molecule has 0 aliphatic heterocycles. The topological polar surface area (TPSA) is 86.1 Å². The second kappa shape index (κ2) is 6.47. The van der Waals surface area contributed by atoms with Crippen LogP contribution >= 0.6 is 0 Å². The largest absolute Gasteiger partial charge is 0.467 e. The van der Waals surface area contributed by atoms with Gasteiger partial charge < -0.3 is 15.5 Å². The van der Waals surface area contributed by atoms with E-state index < -0.39 is 6.04 Å². The Labute approximate surface area is 124 Å². The van der Waals surface area contributed by atoms with Gasteiger partial charge in [0.2, 0.25) is 5.91 Å². The van der Waals surface area contributed by atoms with Gasteiger partial charge in [-0.1, -0.05) is 13.8 Å². The Morgan fingerprint density at radius 3 is 2.81 bits per heavy atom. The summed E-state index contributed by atoms with van der Waals surface area (Å²) in [5.74, 6) is 0.617. The molecule has 6 heteroatoms. The highest BCUT2D eigenvalue weighted by Crippen LogP contribution is 2.22. The third-order valence-corrected chi connectivity index (χ3v) is 3.56. The molecule has 0 aliphatic carbocycles. The number of rotatable bonds is 6. The fourth-order valence-corrected chi connectivity index (χ4v) is 2.31. The summed E-state index contributed by atoms with van der Waals surface area (Å²) >= 11 is 0. The number of anilines is 1. The second-order valence-corrected chi connectivity index (χ2v) is 4.93. The van der Waals surface area contributed by atoms with E-state index in [9.17, 15) is 4.79 Å². The Bertz CT molecular complexity index is 601. The van der Waals surface area contributed by atoms with Gasteiger partial charge >= 0.3 is 0 Å². The summed E-state index contributed by atoms with van der Waals surface area (Å²) < 4.78 is 6.93. The molecule has 0 aliphatic rings. The van der Waals surface area contributed by atoms with Crippen molar-refractivity contribution in [2.45, 2.75) is 46.2 Å². The van der Waals surface area contributed by atoms with Crippen LogP contribution in [0.25, 0.3) is 0 Å². The predicted octanol–water partition coefficient (Wildman–Crippen LogP) is 2.06. The van der Waals surface area contributed by atoms with E-state index >= 15 is 0 Å². The summed E-state index contributed by atoms with van der Waals surface area (Å²) in [4.78, 5) is 12.3. The Balaban J connectivity index is 2.11. The summed E-state index contributed by atoms with van der Waals surface area (Å²) in [7, 11) is 0. The van der Waals surface area contributed by atoms with Crippen molar-refractivity contribution in [1.29, 1.82) is 0 Å². The summed E-state index contributed by atoms with van der Waals surface area (Å²) in [5, 5.41) is 7.32. The average molecular weight is 290 g/mol. The standard InChI is InChI=1S/C15H22N4O2/c1-4-12-14(16)13(5-2)19(18-12)10(3)15(20)17-9-11-7-6-8-21-11/h6-8,10H,4-5,9,16H2,1-3H3,(H,17,20). The lowest BCUT2D eigenvalue weighted by Crippen LogP contribution is -2.31. The predicted molar refractivity (Wildman–Crippen MR) is 80.7 cm³/mol. The Kier molecular flexibility index (Phi) is 4.67. The van der Waals surface area contributed by atoms with E-state index in [1.165, 1.54) is 0 Å². The van der Waals surface area contributed by atoms with Gasteiger partial charge in [-0.2, -0.15) is 5.10 Å². The number of amides is 1. The number of aromatic nitrogens is 2. The SMILES string of the molecule is CCc1nn(C(C)C(=O)NCc2ccco2)c(CC)c1N. The van der Waals surface area contributed by atoms with Crippen LogP contribution in [0.15, 0.2) is 22.8 Å². The van der Waals surface area contributed by atoms with Gasteiger partial charge in [-0.05, 0) is 31.9 Å². The molecule has 114 valence electrons. The monoisotopic (exact) mass is 290 g/mol. The van der Waals surface area contributed by atoms with E-state index in [1.54, 1.807) is 17.0 Å². The van der Waals surface area contributed by atoms with Crippen LogP contribution in [0.1, 0.15) is 44.0 Å². The zero-order chi connectivity index (χ0) is 15.4. The summed E-state index contributed by atoms with van der Waals surface area (Å²) in [6.45, 7) is 6.21. The summed E-state index contributed by atoms with van der Waals surface area (Å²) in [5.41, 5.74) is 8.54. The van der Waals surface area contributed by atoms with Crippen molar-refractivity contribution in [1.82, 2.24) is 15.1 Å². The van der Waals surface area contributed by atoms with Crippen LogP contribution in [0.2, 0.25) is 0 Å². The number of carbonyl (C=O) groups is 1. The molecular weight excluding hydrogens is 268 g/mol. The van der Waals surface area contributed by atoms with Gasteiger partial charge in [0.25, 0.3) is 0 Å². The van der Waals surface area contributed by atoms with E-state index in [1.807, 2.05) is 26.8 Å². The number of furan rings is 1. The number of nitrogens with one attached hydrogen (secondary N) is 1. The van der Waals surface area contributed by atoms with Crippen LogP contribution < -0.4 is 11.1 Å². The number of nitrogen functional groups attached to an aromatic ring is 1. The van der Waals surface area contributed by atoms with Crippen molar-refractivity contribution in [3.05, 3.63) is 35.5 Å². The first-order valence-corrected chi connectivity index (χ1v) is 7.24. The van der Waals surface area contributed by atoms with Crippen molar-refractivity contribution in [3.8, 4) is 0 Å². The molecule has 2 aromatic rings. The van der Waals surface area contributed by atoms with Crippen LogP contribution in [0.4, 0.5) is 5.69 Å². The summed E-state index contributed by atoms with van der Waals surface area (Å²) in [6, 6.07) is 3.21. The van der Waals surface area contributed by atoms with Crippen molar-refractivity contribution in [3.63, 3.8) is 0 Å². The van der Waals surface area contributed by atoms with Crippen molar-refractivity contribution < 1.29 is 9.21 Å². The fourth-order valence-electron chi connectivity index (χ4n) is 2.31. The molecule has 0 bridgehead atoms.